The highest BCUT2D eigenvalue weighted by Crippen LogP contribution is 2.14. The number of nitrogens with zero attached hydrogens (tertiary/aromatic N) is 2. The van der Waals surface area contributed by atoms with E-state index < -0.39 is 0 Å². The van der Waals surface area contributed by atoms with Crippen molar-refractivity contribution >= 4 is 11.6 Å². The maximum Gasteiger partial charge on any atom is 0.271 e. The summed E-state index contributed by atoms with van der Waals surface area (Å²) >= 11 is 0. The third-order valence-corrected chi connectivity index (χ3v) is 2.67. The van der Waals surface area contributed by atoms with Crippen LogP contribution in [-0.4, -0.2) is 49.2 Å². The summed E-state index contributed by atoms with van der Waals surface area (Å²) in [6.45, 7) is 4.05. The van der Waals surface area contributed by atoms with Crippen molar-refractivity contribution < 1.29 is 14.3 Å². The van der Waals surface area contributed by atoms with Crippen LogP contribution in [0.5, 0.6) is 0 Å². The van der Waals surface area contributed by atoms with Gasteiger partial charge in [-0.1, -0.05) is 0 Å². The summed E-state index contributed by atoms with van der Waals surface area (Å²) in [5.74, 6) is -0.211. The van der Waals surface area contributed by atoms with Gasteiger partial charge in [0.25, 0.3) is 5.91 Å². The Kier molecular flexibility index (Phi) is 6.31. The number of ether oxygens (including phenoxy) is 2. The number of amides is 1. The molecule has 0 aliphatic rings. The fourth-order valence-corrected chi connectivity index (χ4v) is 1.65. The predicted molar refractivity (Wildman–Crippen MR) is 72.0 cm³/mol. The number of anilines is 1. The van der Waals surface area contributed by atoms with Crippen LogP contribution in [-0.2, 0) is 16.5 Å². The Morgan fingerprint density at radius 3 is 2.74 bits per heavy atom. The van der Waals surface area contributed by atoms with Gasteiger partial charge in [-0.2, -0.15) is 5.10 Å². The molecule has 3 N–H and O–H groups in total. The molecule has 1 heterocycles. The minimum atomic E-state index is -0.211. The molecule has 0 saturated heterocycles. The van der Waals surface area contributed by atoms with Gasteiger partial charge < -0.3 is 20.5 Å². The number of nitrogens with one attached hydrogen (secondary N) is 1. The van der Waals surface area contributed by atoms with Crippen LogP contribution >= 0.6 is 0 Å². The van der Waals surface area contributed by atoms with Gasteiger partial charge in [-0.25, -0.2) is 0 Å². The summed E-state index contributed by atoms with van der Waals surface area (Å²) in [6, 6.07) is 0. The van der Waals surface area contributed by atoms with E-state index in [9.17, 15) is 4.79 Å². The first-order chi connectivity index (χ1) is 9.07. The van der Waals surface area contributed by atoms with Gasteiger partial charge in [0.15, 0.2) is 0 Å². The van der Waals surface area contributed by atoms with Gasteiger partial charge in [-0.3, -0.25) is 9.48 Å². The van der Waals surface area contributed by atoms with Crippen LogP contribution in [0.25, 0.3) is 0 Å². The zero-order valence-corrected chi connectivity index (χ0v) is 11.7. The molecule has 0 saturated carbocycles. The lowest BCUT2D eigenvalue weighted by Crippen LogP contribution is -2.28. The Labute approximate surface area is 113 Å². The molecule has 7 nitrogen and oxygen atoms in total. The van der Waals surface area contributed by atoms with E-state index in [1.165, 1.54) is 4.68 Å². The van der Waals surface area contributed by atoms with E-state index in [1.807, 2.05) is 0 Å². The van der Waals surface area contributed by atoms with Crippen LogP contribution in [0.2, 0.25) is 0 Å². The molecule has 1 amide bonds. The Bertz CT molecular complexity index is 417. The molecule has 7 heteroatoms. The van der Waals surface area contributed by atoms with Crippen LogP contribution in [0.15, 0.2) is 0 Å². The summed E-state index contributed by atoms with van der Waals surface area (Å²) in [7, 11) is 3.33. The number of aromatic nitrogens is 2. The Morgan fingerprint density at radius 1 is 1.42 bits per heavy atom. The summed E-state index contributed by atoms with van der Waals surface area (Å²) in [4.78, 5) is 11.9. The van der Waals surface area contributed by atoms with E-state index in [-0.39, 0.29) is 5.91 Å². The topological polar surface area (TPSA) is 91.4 Å². The first-order valence-corrected chi connectivity index (χ1v) is 6.22. The van der Waals surface area contributed by atoms with E-state index in [0.717, 1.165) is 6.42 Å². The lowest BCUT2D eigenvalue weighted by atomic mass is 10.3. The molecular formula is C12H22N4O3. The van der Waals surface area contributed by atoms with Gasteiger partial charge in [-0.15, -0.1) is 0 Å². The molecular weight excluding hydrogens is 248 g/mol. The summed E-state index contributed by atoms with van der Waals surface area (Å²) < 4.78 is 11.6. The van der Waals surface area contributed by atoms with Gasteiger partial charge in [0.2, 0.25) is 0 Å². The third-order valence-electron chi connectivity index (χ3n) is 2.67. The fourth-order valence-electron chi connectivity index (χ4n) is 1.65. The minimum absolute atomic E-state index is 0.211. The molecule has 0 fully saturated rings. The number of aryl methyl sites for hydroxylation is 2. The van der Waals surface area contributed by atoms with Crippen molar-refractivity contribution in [1.29, 1.82) is 0 Å². The number of hydrogen-bond acceptors (Lipinski definition) is 5. The fraction of sp³-hybridized carbons (Fsp3) is 0.667. The first-order valence-electron chi connectivity index (χ1n) is 6.22. The summed E-state index contributed by atoms with van der Waals surface area (Å²) in [6.07, 6.45) is 0.742. The smallest absolute Gasteiger partial charge is 0.271 e. The first kappa shape index (κ1) is 15.5. The monoisotopic (exact) mass is 270 g/mol. The number of nitrogen functional groups attached to an aromatic ring is 1. The normalized spacial score (nSPS) is 10.7. The van der Waals surface area contributed by atoms with E-state index >= 15 is 0 Å². The number of nitrogens with two attached hydrogens (primary N) is 1. The number of rotatable bonds is 8. The van der Waals surface area contributed by atoms with Crippen LogP contribution in [0.1, 0.15) is 22.6 Å². The molecule has 0 unspecified atom stereocenters. The van der Waals surface area contributed by atoms with Crippen molar-refractivity contribution in [1.82, 2.24) is 15.1 Å². The molecule has 1 aromatic heterocycles. The molecule has 108 valence electrons. The Balaban J connectivity index is 2.28. The zero-order valence-electron chi connectivity index (χ0n) is 11.7. The minimum Gasteiger partial charge on any atom is -0.395 e. The van der Waals surface area contributed by atoms with Crippen LogP contribution in [0.4, 0.5) is 5.69 Å². The van der Waals surface area contributed by atoms with Crippen molar-refractivity contribution in [3.05, 3.63) is 11.4 Å². The van der Waals surface area contributed by atoms with Gasteiger partial charge >= 0.3 is 0 Å². The molecule has 0 bridgehead atoms. The third kappa shape index (κ3) is 4.53. The Morgan fingerprint density at radius 2 is 2.16 bits per heavy atom. The highest BCUT2D eigenvalue weighted by atomic mass is 16.5. The van der Waals surface area contributed by atoms with Crippen LogP contribution < -0.4 is 11.1 Å². The van der Waals surface area contributed by atoms with Crippen molar-refractivity contribution in [2.75, 3.05) is 39.2 Å². The molecule has 0 aliphatic heterocycles. The average Bonchev–Trinajstić information content (AvgIpc) is 2.62. The number of methoxy groups -OCH3 is 1. The van der Waals surface area contributed by atoms with Gasteiger partial charge in [-0.05, 0) is 13.3 Å². The van der Waals surface area contributed by atoms with Gasteiger partial charge in [0, 0.05) is 27.3 Å². The second kappa shape index (κ2) is 7.75. The maximum atomic E-state index is 11.9. The van der Waals surface area contributed by atoms with E-state index in [0.29, 0.717) is 43.4 Å². The summed E-state index contributed by atoms with van der Waals surface area (Å²) in [5, 5.41) is 6.90. The molecule has 0 atom stereocenters. The largest absolute Gasteiger partial charge is 0.395 e. The number of carbonyl (C=O) groups excluding carboxylic acids is 1. The van der Waals surface area contributed by atoms with Crippen molar-refractivity contribution in [2.24, 2.45) is 7.05 Å². The maximum absolute atomic E-state index is 11.9. The average molecular weight is 270 g/mol. The second-order valence-electron chi connectivity index (χ2n) is 4.19. The van der Waals surface area contributed by atoms with Crippen LogP contribution in [0, 0.1) is 6.92 Å². The van der Waals surface area contributed by atoms with Crippen molar-refractivity contribution in [2.45, 2.75) is 13.3 Å². The highest BCUT2D eigenvalue weighted by molar-refractivity contribution is 5.97. The van der Waals surface area contributed by atoms with Crippen molar-refractivity contribution in [3.8, 4) is 0 Å². The van der Waals surface area contributed by atoms with Gasteiger partial charge in [0.05, 0.1) is 24.6 Å². The zero-order chi connectivity index (χ0) is 14.3. The van der Waals surface area contributed by atoms with E-state index in [4.69, 9.17) is 15.2 Å². The standard InChI is InChI=1S/C12H22N4O3/c1-9-10(13)11(16(2)15-9)12(17)14-5-4-6-19-8-7-18-3/h4-8,13H2,1-3H3,(H,14,17). The van der Waals surface area contributed by atoms with Gasteiger partial charge in [0.1, 0.15) is 5.69 Å². The molecule has 1 rings (SSSR count). The molecule has 0 aliphatic carbocycles. The van der Waals surface area contributed by atoms with Crippen molar-refractivity contribution in [3.63, 3.8) is 0 Å². The Hall–Kier alpha value is -1.60. The highest BCUT2D eigenvalue weighted by Gasteiger charge is 2.16. The van der Waals surface area contributed by atoms with E-state index in [1.54, 1.807) is 21.1 Å². The lowest BCUT2D eigenvalue weighted by molar-refractivity contribution is 0.0688. The quantitative estimate of drug-likeness (QED) is 0.653. The van der Waals surface area contributed by atoms with Crippen LogP contribution in [0.3, 0.4) is 0 Å². The number of hydrogen-bond donors (Lipinski definition) is 2. The molecule has 0 spiro atoms. The predicted octanol–water partition coefficient (Wildman–Crippen LogP) is 0.0936. The lowest BCUT2D eigenvalue weighted by Gasteiger charge is -2.07. The molecule has 1 aromatic rings. The molecule has 0 aromatic carbocycles. The van der Waals surface area contributed by atoms with E-state index in [2.05, 4.69) is 10.4 Å². The SMILES string of the molecule is COCCOCCCNC(=O)c1c(N)c(C)nn1C. The molecule has 0 radical (unpaired) electrons. The second-order valence-corrected chi connectivity index (χ2v) is 4.19. The summed E-state index contributed by atoms with van der Waals surface area (Å²) in [5.41, 5.74) is 7.30. The number of carbonyl (C=O) groups is 1. The molecule has 19 heavy (non-hydrogen) atoms.